The summed E-state index contributed by atoms with van der Waals surface area (Å²) in [6, 6.07) is 0. The van der Waals surface area contributed by atoms with Gasteiger partial charge in [-0.05, 0) is 13.3 Å². The summed E-state index contributed by atoms with van der Waals surface area (Å²) in [5.41, 5.74) is 1.06. The highest BCUT2D eigenvalue weighted by Gasteiger charge is 2.05. The highest BCUT2D eigenvalue weighted by molar-refractivity contribution is 5.56. The highest BCUT2D eigenvalue weighted by atomic mass is 15.1. The van der Waals surface area contributed by atoms with E-state index in [4.69, 9.17) is 0 Å². The molecule has 0 aromatic carbocycles. The van der Waals surface area contributed by atoms with Gasteiger partial charge < -0.3 is 15.2 Å². The number of nitrogens with one attached hydrogen (secondary N) is 2. The van der Waals surface area contributed by atoms with Crippen LogP contribution in [0.3, 0.4) is 0 Å². The van der Waals surface area contributed by atoms with Crippen molar-refractivity contribution in [3.8, 4) is 0 Å². The fourth-order valence-electron chi connectivity index (χ4n) is 1.77. The van der Waals surface area contributed by atoms with Crippen LogP contribution in [0, 0.1) is 6.92 Å². The third-order valence-electron chi connectivity index (χ3n) is 2.85. The summed E-state index contributed by atoms with van der Waals surface area (Å²) in [6.45, 7) is 6.75. The third kappa shape index (κ3) is 3.67. The fraction of sp³-hybridized carbons (Fsp3) is 0.462. The van der Waals surface area contributed by atoms with Crippen molar-refractivity contribution in [2.45, 2.75) is 26.8 Å². The zero-order chi connectivity index (χ0) is 13.5. The Balaban J connectivity index is 1.92. The molecule has 0 unspecified atom stereocenters. The van der Waals surface area contributed by atoms with E-state index >= 15 is 0 Å². The second-order valence-corrected chi connectivity index (χ2v) is 4.35. The van der Waals surface area contributed by atoms with Crippen LogP contribution < -0.4 is 10.6 Å². The van der Waals surface area contributed by atoms with Gasteiger partial charge in [0.25, 0.3) is 0 Å². The van der Waals surface area contributed by atoms with E-state index in [1.165, 1.54) is 0 Å². The maximum absolute atomic E-state index is 4.28. The van der Waals surface area contributed by atoms with Gasteiger partial charge in [-0.3, -0.25) is 0 Å². The lowest BCUT2D eigenvalue weighted by Crippen LogP contribution is -2.13. The lowest BCUT2D eigenvalue weighted by molar-refractivity contribution is 0.724. The lowest BCUT2D eigenvalue weighted by Gasteiger charge is -2.12. The van der Waals surface area contributed by atoms with E-state index in [2.05, 4.69) is 32.5 Å². The van der Waals surface area contributed by atoms with Crippen molar-refractivity contribution in [1.29, 1.82) is 0 Å². The Morgan fingerprint density at radius 3 is 2.53 bits per heavy atom. The van der Waals surface area contributed by atoms with Crippen molar-refractivity contribution < 1.29 is 0 Å². The molecule has 0 aliphatic rings. The summed E-state index contributed by atoms with van der Waals surface area (Å²) in [5.74, 6) is 1.79. The van der Waals surface area contributed by atoms with E-state index in [0.29, 0.717) is 0 Å². The Morgan fingerprint density at radius 2 is 1.89 bits per heavy atom. The molecule has 6 heteroatoms. The summed E-state index contributed by atoms with van der Waals surface area (Å²) in [7, 11) is 0. The molecule has 0 saturated carbocycles. The second-order valence-electron chi connectivity index (χ2n) is 4.35. The topological polar surface area (TPSA) is 67.7 Å². The Hall–Kier alpha value is -2.11. The molecule has 2 N–H and O–H groups in total. The number of anilines is 2. The zero-order valence-corrected chi connectivity index (χ0v) is 11.4. The Labute approximate surface area is 113 Å². The van der Waals surface area contributed by atoms with E-state index in [9.17, 15) is 0 Å². The molecule has 0 atom stereocenters. The quantitative estimate of drug-likeness (QED) is 0.796. The molecule has 0 fully saturated rings. The van der Waals surface area contributed by atoms with Crippen molar-refractivity contribution >= 4 is 11.6 Å². The Bertz CT molecular complexity index is 494. The molecule has 0 aliphatic carbocycles. The van der Waals surface area contributed by atoms with Crippen LogP contribution in [-0.4, -0.2) is 32.6 Å². The Morgan fingerprint density at radius 1 is 1.16 bits per heavy atom. The standard InChI is InChI=1S/C13H20N6/c1-3-4-15-12-11(2)13(18-9-17-12)16-6-8-19-7-5-14-10-19/h5,7,9-10H,3-4,6,8H2,1-2H3,(H2,15,16,17,18). The molecular weight excluding hydrogens is 240 g/mol. The molecule has 2 aromatic heterocycles. The van der Waals surface area contributed by atoms with Gasteiger partial charge in [-0.1, -0.05) is 6.92 Å². The molecule has 0 spiro atoms. The van der Waals surface area contributed by atoms with Gasteiger partial charge in [0.1, 0.15) is 18.0 Å². The predicted octanol–water partition coefficient (Wildman–Crippen LogP) is 1.92. The number of aromatic nitrogens is 4. The number of imidazole rings is 1. The summed E-state index contributed by atoms with van der Waals surface area (Å²) < 4.78 is 2.03. The molecule has 2 aromatic rings. The number of nitrogens with zero attached hydrogens (tertiary/aromatic N) is 4. The third-order valence-corrected chi connectivity index (χ3v) is 2.85. The minimum atomic E-state index is 0.807. The van der Waals surface area contributed by atoms with Crippen molar-refractivity contribution in [3.63, 3.8) is 0 Å². The lowest BCUT2D eigenvalue weighted by atomic mass is 10.3. The molecule has 19 heavy (non-hydrogen) atoms. The van der Waals surface area contributed by atoms with Crippen LogP contribution in [0.15, 0.2) is 25.0 Å². The minimum Gasteiger partial charge on any atom is -0.370 e. The normalized spacial score (nSPS) is 10.4. The molecule has 0 radical (unpaired) electrons. The summed E-state index contributed by atoms with van der Waals surface area (Å²) in [4.78, 5) is 12.5. The van der Waals surface area contributed by atoms with E-state index in [-0.39, 0.29) is 0 Å². The monoisotopic (exact) mass is 260 g/mol. The summed E-state index contributed by atoms with van der Waals surface area (Å²) >= 11 is 0. The SMILES string of the molecule is CCCNc1ncnc(NCCn2ccnc2)c1C. The summed E-state index contributed by atoms with van der Waals surface area (Å²) in [5, 5.41) is 6.63. The molecule has 2 heterocycles. The molecule has 6 nitrogen and oxygen atoms in total. The smallest absolute Gasteiger partial charge is 0.134 e. The van der Waals surface area contributed by atoms with E-state index in [1.807, 2.05) is 24.0 Å². The van der Waals surface area contributed by atoms with Crippen molar-refractivity contribution in [2.24, 2.45) is 0 Å². The van der Waals surface area contributed by atoms with Gasteiger partial charge in [-0.25, -0.2) is 15.0 Å². The molecule has 0 saturated heterocycles. The number of hydrogen-bond donors (Lipinski definition) is 2. The van der Waals surface area contributed by atoms with E-state index in [0.717, 1.165) is 43.3 Å². The van der Waals surface area contributed by atoms with Crippen LogP contribution in [0.1, 0.15) is 18.9 Å². The highest BCUT2D eigenvalue weighted by Crippen LogP contribution is 2.17. The average Bonchev–Trinajstić information content (AvgIpc) is 2.92. The largest absolute Gasteiger partial charge is 0.370 e. The van der Waals surface area contributed by atoms with Crippen molar-refractivity contribution in [2.75, 3.05) is 23.7 Å². The molecule has 0 bridgehead atoms. The number of hydrogen-bond acceptors (Lipinski definition) is 5. The van der Waals surface area contributed by atoms with Crippen LogP contribution >= 0.6 is 0 Å². The first-order valence-electron chi connectivity index (χ1n) is 6.56. The van der Waals surface area contributed by atoms with Crippen LogP contribution in [0.4, 0.5) is 11.6 Å². The molecular formula is C13H20N6. The van der Waals surface area contributed by atoms with Gasteiger partial charge in [-0.2, -0.15) is 0 Å². The summed E-state index contributed by atoms with van der Waals surface area (Å²) in [6.07, 6.45) is 8.20. The van der Waals surface area contributed by atoms with Gasteiger partial charge in [0.2, 0.25) is 0 Å². The zero-order valence-electron chi connectivity index (χ0n) is 11.4. The first-order chi connectivity index (χ1) is 9.31. The van der Waals surface area contributed by atoms with Crippen LogP contribution in [0.5, 0.6) is 0 Å². The van der Waals surface area contributed by atoms with Gasteiger partial charge >= 0.3 is 0 Å². The van der Waals surface area contributed by atoms with Crippen molar-refractivity contribution in [3.05, 3.63) is 30.6 Å². The maximum atomic E-state index is 4.28. The first-order valence-corrected chi connectivity index (χ1v) is 6.56. The van der Waals surface area contributed by atoms with Gasteiger partial charge in [0.05, 0.1) is 6.33 Å². The van der Waals surface area contributed by atoms with E-state index < -0.39 is 0 Å². The molecule has 2 rings (SSSR count). The van der Waals surface area contributed by atoms with Crippen molar-refractivity contribution in [1.82, 2.24) is 19.5 Å². The van der Waals surface area contributed by atoms with Gasteiger partial charge in [0, 0.05) is 37.6 Å². The molecule has 102 valence electrons. The molecule has 0 aliphatic heterocycles. The first kappa shape index (κ1) is 13.3. The second kappa shape index (κ2) is 6.72. The predicted molar refractivity (Wildman–Crippen MR) is 76.3 cm³/mol. The van der Waals surface area contributed by atoms with Crippen LogP contribution in [0.25, 0.3) is 0 Å². The van der Waals surface area contributed by atoms with E-state index in [1.54, 1.807) is 12.5 Å². The van der Waals surface area contributed by atoms with Gasteiger partial charge in [0.15, 0.2) is 0 Å². The van der Waals surface area contributed by atoms with Crippen LogP contribution in [-0.2, 0) is 6.54 Å². The average molecular weight is 260 g/mol. The van der Waals surface area contributed by atoms with Crippen LogP contribution in [0.2, 0.25) is 0 Å². The van der Waals surface area contributed by atoms with Gasteiger partial charge in [-0.15, -0.1) is 0 Å². The maximum Gasteiger partial charge on any atom is 0.134 e. The minimum absolute atomic E-state index is 0.807. The fourth-order valence-corrected chi connectivity index (χ4v) is 1.77. The molecule has 0 amide bonds. The number of rotatable bonds is 7. The Kier molecular flexibility index (Phi) is 4.72.